The fourth-order valence-electron chi connectivity index (χ4n) is 9.55. The topological polar surface area (TPSA) is 149 Å². The van der Waals surface area contributed by atoms with Crippen molar-refractivity contribution in [2.24, 2.45) is 0 Å². The highest BCUT2D eigenvalue weighted by molar-refractivity contribution is 5.76. The number of hydrogen-bond acceptors (Lipinski definition) is 8. The first-order valence-electron chi connectivity index (χ1n) is 31.2. The summed E-state index contributed by atoms with van der Waals surface area (Å²) in [6, 6.07) is -0.829. The van der Waals surface area contributed by atoms with Crippen LogP contribution >= 0.6 is 0 Å². The molecule has 0 aromatic carbocycles. The average molecular weight is 1040 g/mol. The summed E-state index contributed by atoms with van der Waals surface area (Å²) in [7, 11) is 0. The zero-order chi connectivity index (χ0) is 53.6. The Morgan fingerprint density at radius 1 is 0.459 bits per heavy atom. The number of carbonyl (C=O) groups excluding carboxylic acids is 1. The molecule has 9 nitrogen and oxygen atoms in total. The van der Waals surface area contributed by atoms with Crippen LogP contribution in [0.5, 0.6) is 0 Å². The summed E-state index contributed by atoms with van der Waals surface area (Å²) >= 11 is 0. The molecule has 7 atom stereocenters. The minimum Gasteiger partial charge on any atom is -0.394 e. The highest BCUT2D eigenvalue weighted by Crippen LogP contribution is 2.23. The van der Waals surface area contributed by atoms with Crippen LogP contribution in [0, 0.1) is 0 Å². The minimum absolute atomic E-state index is 0.190. The fraction of sp³-hybridized carbons (Fsp3) is 0.800. The average Bonchev–Trinajstić information content (AvgIpc) is 3.40. The first-order chi connectivity index (χ1) is 36.3. The van der Waals surface area contributed by atoms with Crippen molar-refractivity contribution in [3.8, 4) is 0 Å². The molecule has 0 radical (unpaired) electrons. The maximum Gasteiger partial charge on any atom is 0.220 e. The highest BCUT2D eigenvalue weighted by atomic mass is 16.7. The lowest BCUT2D eigenvalue weighted by Crippen LogP contribution is -2.60. The van der Waals surface area contributed by atoms with Crippen LogP contribution in [0.4, 0.5) is 0 Å². The van der Waals surface area contributed by atoms with Gasteiger partial charge in [0.15, 0.2) is 6.29 Å². The van der Waals surface area contributed by atoms with Crippen molar-refractivity contribution in [3.63, 3.8) is 0 Å². The van der Waals surface area contributed by atoms with Crippen molar-refractivity contribution in [3.05, 3.63) is 72.9 Å². The van der Waals surface area contributed by atoms with E-state index >= 15 is 0 Å². The van der Waals surface area contributed by atoms with Gasteiger partial charge in [-0.25, -0.2) is 0 Å². The summed E-state index contributed by atoms with van der Waals surface area (Å²) < 4.78 is 11.2. The van der Waals surface area contributed by atoms with Crippen LogP contribution in [0.2, 0.25) is 0 Å². The number of aliphatic hydroxyl groups is 5. The second kappa shape index (κ2) is 54.0. The third kappa shape index (κ3) is 42.7. The lowest BCUT2D eigenvalue weighted by molar-refractivity contribution is -0.302. The molecule has 1 rings (SSSR count). The molecule has 0 aromatic heterocycles. The Bertz CT molecular complexity index is 1390. The first-order valence-corrected chi connectivity index (χ1v) is 31.2. The molecule has 74 heavy (non-hydrogen) atoms. The second-order valence-electron chi connectivity index (χ2n) is 21.5. The number of amides is 1. The number of rotatable bonds is 53. The number of unbranched alkanes of at least 4 members (excludes halogenated alkanes) is 33. The smallest absolute Gasteiger partial charge is 0.220 e. The molecule has 9 heteroatoms. The molecule has 1 heterocycles. The molecule has 0 bridgehead atoms. The summed E-state index contributed by atoms with van der Waals surface area (Å²) in [5.41, 5.74) is 0. The molecule has 1 aliphatic heterocycles. The largest absolute Gasteiger partial charge is 0.394 e. The number of hydrogen-bond donors (Lipinski definition) is 6. The zero-order valence-electron chi connectivity index (χ0n) is 47.8. The Labute approximate surface area is 455 Å². The molecule has 0 aliphatic carbocycles. The Morgan fingerprint density at radius 2 is 0.811 bits per heavy atom. The maximum atomic E-state index is 13.0. The lowest BCUT2D eigenvalue weighted by atomic mass is 9.99. The van der Waals surface area contributed by atoms with Crippen LogP contribution in [-0.2, 0) is 14.3 Å². The third-order valence-corrected chi connectivity index (χ3v) is 14.5. The fourth-order valence-corrected chi connectivity index (χ4v) is 9.55. The number of nitrogens with one attached hydrogen (secondary N) is 1. The van der Waals surface area contributed by atoms with Crippen molar-refractivity contribution in [1.29, 1.82) is 0 Å². The normalized spacial score (nSPS) is 19.5. The Hall–Kier alpha value is -2.37. The predicted molar refractivity (Wildman–Crippen MR) is 313 cm³/mol. The summed E-state index contributed by atoms with van der Waals surface area (Å²) in [6.45, 7) is 3.73. The lowest BCUT2D eigenvalue weighted by Gasteiger charge is -2.40. The van der Waals surface area contributed by atoms with Gasteiger partial charge in [0.1, 0.15) is 24.4 Å². The standard InChI is InChI=1S/C65H117NO8/c1-3-5-7-9-11-13-15-17-19-20-21-22-23-24-25-26-27-28-29-30-31-32-33-34-35-36-37-38-39-40-41-43-45-47-49-51-53-55-61(69)66-58(57-73-65-64(72)63(71)62(70)60(56-67)74-65)59(68)54-52-50-48-46-44-42-18-16-14-12-10-8-6-4-2/h14-17,20-21,23-24,44,46,52,54,58-60,62-65,67-68,70-72H,3-13,18-19,22,25-43,45,47-51,53,55-57H2,1-2H3,(H,66,69)/b16-14+,17-15-,21-20-,24-23-,46-44+,54-52+. The second-order valence-corrected chi connectivity index (χ2v) is 21.5. The molecule has 0 aromatic rings. The van der Waals surface area contributed by atoms with E-state index in [9.17, 15) is 30.3 Å². The van der Waals surface area contributed by atoms with Gasteiger partial charge in [0.25, 0.3) is 0 Å². The summed E-state index contributed by atoms with van der Waals surface area (Å²) in [5, 5.41) is 54.4. The van der Waals surface area contributed by atoms with Crippen molar-refractivity contribution in [2.75, 3.05) is 13.2 Å². The van der Waals surface area contributed by atoms with E-state index in [0.29, 0.717) is 6.42 Å². The van der Waals surface area contributed by atoms with Crippen molar-refractivity contribution in [1.82, 2.24) is 5.32 Å². The molecule has 1 amide bonds. The van der Waals surface area contributed by atoms with Gasteiger partial charge in [0.2, 0.25) is 5.91 Å². The monoisotopic (exact) mass is 1040 g/mol. The molecule has 0 spiro atoms. The van der Waals surface area contributed by atoms with E-state index in [2.05, 4.69) is 79.9 Å². The third-order valence-electron chi connectivity index (χ3n) is 14.5. The number of allylic oxidation sites excluding steroid dienone is 11. The SMILES string of the molecule is CCCCCC/C=C/CC/C=C/CC/C=C/C(O)C(COC1OC(CO)C(O)C(O)C1O)NC(=O)CCCCCCCCCCCCCCCCCCCCCCCC/C=C\C/C=C\C/C=C\CCCCCCC. The number of ether oxygens (including phenoxy) is 2. The van der Waals surface area contributed by atoms with Gasteiger partial charge in [-0.05, 0) is 83.5 Å². The van der Waals surface area contributed by atoms with Crippen LogP contribution in [-0.4, -0.2) is 87.5 Å². The van der Waals surface area contributed by atoms with Gasteiger partial charge < -0.3 is 40.3 Å². The van der Waals surface area contributed by atoms with Crippen LogP contribution in [0.25, 0.3) is 0 Å². The van der Waals surface area contributed by atoms with Gasteiger partial charge in [0, 0.05) is 6.42 Å². The zero-order valence-corrected chi connectivity index (χ0v) is 47.8. The Morgan fingerprint density at radius 3 is 1.24 bits per heavy atom. The maximum absolute atomic E-state index is 13.0. The van der Waals surface area contributed by atoms with Crippen molar-refractivity contribution >= 4 is 5.91 Å². The molecule has 430 valence electrons. The van der Waals surface area contributed by atoms with Gasteiger partial charge in [-0.1, -0.05) is 260 Å². The van der Waals surface area contributed by atoms with Crippen LogP contribution in [0.15, 0.2) is 72.9 Å². The Balaban J connectivity index is 2.08. The van der Waals surface area contributed by atoms with E-state index in [0.717, 1.165) is 64.2 Å². The molecule has 0 saturated carbocycles. The van der Waals surface area contributed by atoms with Gasteiger partial charge in [0.05, 0.1) is 25.4 Å². The quantitative estimate of drug-likeness (QED) is 0.0261. The molecule has 1 saturated heterocycles. The number of carbonyl (C=O) groups is 1. The molecule has 7 unspecified atom stereocenters. The van der Waals surface area contributed by atoms with Crippen molar-refractivity contribution in [2.45, 2.75) is 320 Å². The highest BCUT2D eigenvalue weighted by Gasteiger charge is 2.44. The van der Waals surface area contributed by atoms with E-state index in [-0.39, 0.29) is 12.5 Å². The Kier molecular flexibility index (Phi) is 50.8. The molecule has 6 N–H and O–H groups in total. The van der Waals surface area contributed by atoms with E-state index in [1.54, 1.807) is 6.08 Å². The van der Waals surface area contributed by atoms with Gasteiger partial charge >= 0.3 is 0 Å². The summed E-state index contributed by atoms with van der Waals surface area (Å²) in [5.74, 6) is -0.190. The predicted octanol–water partition coefficient (Wildman–Crippen LogP) is 16.0. The summed E-state index contributed by atoms with van der Waals surface area (Å²) in [4.78, 5) is 13.0. The molecular weight excluding hydrogens is 923 g/mol. The number of aliphatic hydroxyl groups excluding tert-OH is 5. The van der Waals surface area contributed by atoms with E-state index in [1.807, 2.05) is 6.08 Å². The summed E-state index contributed by atoms with van der Waals surface area (Å²) in [6.07, 6.45) is 68.6. The van der Waals surface area contributed by atoms with Gasteiger partial charge in [-0.2, -0.15) is 0 Å². The van der Waals surface area contributed by atoms with Gasteiger partial charge in [-0.15, -0.1) is 0 Å². The van der Waals surface area contributed by atoms with E-state index < -0.39 is 49.5 Å². The molecule has 1 aliphatic rings. The van der Waals surface area contributed by atoms with Crippen LogP contribution in [0.3, 0.4) is 0 Å². The van der Waals surface area contributed by atoms with E-state index in [1.165, 1.54) is 193 Å². The molecule has 1 fully saturated rings. The van der Waals surface area contributed by atoms with Crippen LogP contribution < -0.4 is 5.32 Å². The first kappa shape index (κ1) is 69.6. The van der Waals surface area contributed by atoms with Crippen molar-refractivity contribution < 1.29 is 39.8 Å². The minimum atomic E-state index is -1.58. The van der Waals surface area contributed by atoms with E-state index in [4.69, 9.17) is 9.47 Å². The molecular formula is C65H117NO8. The van der Waals surface area contributed by atoms with Crippen LogP contribution in [0.1, 0.15) is 277 Å². The van der Waals surface area contributed by atoms with Gasteiger partial charge in [-0.3, -0.25) is 4.79 Å².